The smallest absolute Gasteiger partial charge is 0.231 e. The fourth-order valence-electron chi connectivity index (χ4n) is 1.71. The van der Waals surface area contributed by atoms with Crippen LogP contribution in [0.15, 0.2) is 54.6 Å². The Bertz CT molecular complexity index is 539. The monoisotopic (exact) mass is 243 g/mol. The highest BCUT2D eigenvalue weighted by Gasteiger charge is 2.14. The van der Waals surface area contributed by atoms with E-state index in [4.69, 9.17) is 0 Å². The Hall–Kier alpha value is -2.16. The molecule has 0 aliphatic carbocycles. The van der Waals surface area contributed by atoms with Crippen LogP contribution in [-0.2, 0) is 4.79 Å². The van der Waals surface area contributed by atoms with Gasteiger partial charge in [-0.15, -0.1) is 0 Å². The van der Waals surface area contributed by atoms with Gasteiger partial charge in [-0.1, -0.05) is 36.4 Å². The van der Waals surface area contributed by atoms with Crippen molar-refractivity contribution >= 4 is 11.6 Å². The van der Waals surface area contributed by atoms with Gasteiger partial charge in [0.1, 0.15) is 5.82 Å². The summed E-state index contributed by atoms with van der Waals surface area (Å²) in [6, 6.07) is 15.4. The van der Waals surface area contributed by atoms with Crippen molar-refractivity contribution in [2.24, 2.45) is 0 Å². The number of halogens is 1. The van der Waals surface area contributed by atoms with E-state index in [0.29, 0.717) is 5.69 Å². The molecule has 0 aromatic heterocycles. The molecule has 0 saturated carbocycles. The Morgan fingerprint density at radius 3 is 2.50 bits per heavy atom. The minimum absolute atomic E-state index is 0.146. The van der Waals surface area contributed by atoms with E-state index in [1.807, 2.05) is 37.3 Å². The molecule has 2 aromatic carbocycles. The fraction of sp³-hybridized carbons (Fsp3) is 0.133. The van der Waals surface area contributed by atoms with E-state index in [2.05, 4.69) is 5.32 Å². The second-order valence-electron chi connectivity index (χ2n) is 4.13. The zero-order chi connectivity index (χ0) is 13.0. The van der Waals surface area contributed by atoms with Gasteiger partial charge in [0.15, 0.2) is 0 Å². The van der Waals surface area contributed by atoms with Gasteiger partial charge in [-0.25, -0.2) is 4.39 Å². The Morgan fingerprint density at radius 1 is 1.11 bits per heavy atom. The van der Waals surface area contributed by atoms with Crippen LogP contribution in [0.3, 0.4) is 0 Å². The molecule has 0 aliphatic heterocycles. The molecule has 0 radical (unpaired) electrons. The molecule has 2 rings (SSSR count). The highest BCUT2D eigenvalue weighted by Crippen LogP contribution is 2.17. The molecule has 1 N–H and O–H groups in total. The summed E-state index contributed by atoms with van der Waals surface area (Å²) in [5.74, 6) is -0.776. The van der Waals surface area contributed by atoms with Gasteiger partial charge in [0.05, 0.1) is 5.92 Å². The third kappa shape index (κ3) is 2.94. The lowest BCUT2D eigenvalue weighted by molar-refractivity contribution is -0.117. The minimum Gasteiger partial charge on any atom is -0.325 e. The number of nitrogens with one attached hydrogen (secondary N) is 1. The number of hydrogen-bond donors (Lipinski definition) is 1. The first kappa shape index (κ1) is 12.3. The van der Waals surface area contributed by atoms with E-state index in [0.717, 1.165) is 5.56 Å². The van der Waals surface area contributed by atoms with Crippen LogP contribution in [0.5, 0.6) is 0 Å². The van der Waals surface area contributed by atoms with Crippen molar-refractivity contribution in [2.75, 3.05) is 5.32 Å². The normalized spacial score (nSPS) is 11.9. The third-order valence-electron chi connectivity index (χ3n) is 2.79. The van der Waals surface area contributed by atoms with Crippen LogP contribution in [0.4, 0.5) is 10.1 Å². The first-order valence-electron chi connectivity index (χ1n) is 5.78. The molecule has 1 atom stereocenters. The van der Waals surface area contributed by atoms with E-state index in [1.54, 1.807) is 12.1 Å². The van der Waals surface area contributed by atoms with Crippen LogP contribution in [0.25, 0.3) is 0 Å². The number of hydrogen-bond acceptors (Lipinski definition) is 1. The van der Waals surface area contributed by atoms with Gasteiger partial charge in [0.25, 0.3) is 0 Å². The van der Waals surface area contributed by atoms with Gasteiger partial charge in [-0.3, -0.25) is 4.79 Å². The number of carbonyl (C=O) groups excluding carboxylic acids is 1. The van der Waals surface area contributed by atoms with E-state index in [9.17, 15) is 9.18 Å². The summed E-state index contributed by atoms with van der Waals surface area (Å²) in [6.07, 6.45) is 0. The summed E-state index contributed by atoms with van der Waals surface area (Å²) in [5.41, 5.74) is 1.41. The highest BCUT2D eigenvalue weighted by atomic mass is 19.1. The topological polar surface area (TPSA) is 29.1 Å². The molecule has 0 heterocycles. The number of amides is 1. The van der Waals surface area contributed by atoms with Crippen LogP contribution in [-0.4, -0.2) is 5.91 Å². The molecule has 3 heteroatoms. The van der Waals surface area contributed by atoms with Crippen molar-refractivity contribution in [3.05, 3.63) is 66.0 Å². The Labute approximate surface area is 105 Å². The van der Waals surface area contributed by atoms with Gasteiger partial charge in [0.2, 0.25) is 5.91 Å². The van der Waals surface area contributed by atoms with Gasteiger partial charge in [0, 0.05) is 5.69 Å². The molecule has 0 aliphatic rings. The zero-order valence-corrected chi connectivity index (χ0v) is 10.1. The summed E-state index contributed by atoms with van der Waals surface area (Å²) in [5, 5.41) is 2.70. The lowest BCUT2D eigenvalue weighted by Crippen LogP contribution is -2.18. The summed E-state index contributed by atoms with van der Waals surface area (Å²) in [7, 11) is 0. The third-order valence-corrected chi connectivity index (χ3v) is 2.79. The van der Waals surface area contributed by atoms with Crippen LogP contribution < -0.4 is 5.32 Å². The van der Waals surface area contributed by atoms with Crippen LogP contribution in [0.1, 0.15) is 18.4 Å². The highest BCUT2D eigenvalue weighted by molar-refractivity contribution is 5.95. The lowest BCUT2D eigenvalue weighted by Gasteiger charge is -2.12. The second kappa shape index (κ2) is 5.45. The van der Waals surface area contributed by atoms with Crippen molar-refractivity contribution in [3.8, 4) is 0 Å². The van der Waals surface area contributed by atoms with Crippen molar-refractivity contribution < 1.29 is 9.18 Å². The number of carbonyl (C=O) groups is 1. The SMILES string of the molecule is CC(C(=O)Nc1cccc(F)c1)c1ccccc1. The maximum Gasteiger partial charge on any atom is 0.231 e. The quantitative estimate of drug-likeness (QED) is 0.877. The molecule has 2 aromatic rings. The van der Waals surface area contributed by atoms with E-state index < -0.39 is 0 Å². The van der Waals surface area contributed by atoms with Crippen molar-refractivity contribution in [1.82, 2.24) is 0 Å². The predicted molar refractivity (Wildman–Crippen MR) is 69.9 cm³/mol. The number of benzene rings is 2. The lowest BCUT2D eigenvalue weighted by atomic mass is 10.0. The predicted octanol–water partition coefficient (Wildman–Crippen LogP) is 3.57. The first-order chi connectivity index (χ1) is 8.66. The largest absolute Gasteiger partial charge is 0.325 e. The van der Waals surface area contributed by atoms with Crippen molar-refractivity contribution in [2.45, 2.75) is 12.8 Å². The Balaban J connectivity index is 2.09. The Kier molecular flexibility index (Phi) is 3.72. The fourth-order valence-corrected chi connectivity index (χ4v) is 1.71. The molecular formula is C15H14FNO. The van der Waals surface area contributed by atoms with E-state index in [-0.39, 0.29) is 17.6 Å². The molecule has 0 bridgehead atoms. The number of rotatable bonds is 3. The Morgan fingerprint density at radius 2 is 1.83 bits per heavy atom. The molecule has 0 fully saturated rings. The number of anilines is 1. The molecule has 1 unspecified atom stereocenters. The molecule has 92 valence electrons. The maximum absolute atomic E-state index is 13.0. The first-order valence-corrected chi connectivity index (χ1v) is 5.78. The van der Waals surface area contributed by atoms with Gasteiger partial charge in [-0.2, -0.15) is 0 Å². The summed E-state index contributed by atoms with van der Waals surface area (Å²) >= 11 is 0. The molecular weight excluding hydrogens is 229 g/mol. The molecule has 18 heavy (non-hydrogen) atoms. The summed E-state index contributed by atoms with van der Waals surface area (Å²) in [6.45, 7) is 1.82. The maximum atomic E-state index is 13.0. The molecule has 0 spiro atoms. The molecule has 2 nitrogen and oxygen atoms in total. The van der Waals surface area contributed by atoms with E-state index in [1.165, 1.54) is 12.1 Å². The average molecular weight is 243 g/mol. The second-order valence-corrected chi connectivity index (χ2v) is 4.13. The average Bonchev–Trinajstić information content (AvgIpc) is 2.39. The standard InChI is InChI=1S/C15H14FNO/c1-11(12-6-3-2-4-7-12)15(18)17-14-9-5-8-13(16)10-14/h2-11H,1H3,(H,17,18). The van der Waals surface area contributed by atoms with Crippen LogP contribution in [0, 0.1) is 5.82 Å². The van der Waals surface area contributed by atoms with Gasteiger partial charge in [-0.05, 0) is 30.7 Å². The van der Waals surface area contributed by atoms with Gasteiger partial charge < -0.3 is 5.32 Å². The van der Waals surface area contributed by atoms with Crippen molar-refractivity contribution in [3.63, 3.8) is 0 Å². The zero-order valence-electron chi connectivity index (χ0n) is 10.1. The summed E-state index contributed by atoms with van der Waals surface area (Å²) in [4.78, 5) is 12.0. The molecule has 0 saturated heterocycles. The van der Waals surface area contributed by atoms with Crippen molar-refractivity contribution in [1.29, 1.82) is 0 Å². The van der Waals surface area contributed by atoms with Crippen LogP contribution >= 0.6 is 0 Å². The minimum atomic E-state index is -0.361. The van der Waals surface area contributed by atoms with Crippen LogP contribution in [0.2, 0.25) is 0 Å². The molecule has 1 amide bonds. The van der Waals surface area contributed by atoms with Gasteiger partial charge >= 0.3 is 0 Å². The van der Waals surface area contributed by atoms with E-state index >= 15 is 0 Å². The summed E-state index contributed by atoms with van der Waals surface area (Å²) < 4.78 is 13.0.